The lowest BCUT2D eigenvalue weighted by Gasteiger charge is -2.10. The minimum atomic E-state index is -0.428. The van der Waals surface area contributed by atoms with Crippen molar-refractivity contribution in [2.24, 2.45) is 0 Å². The van der Waals surface area contributed by atoms with Crippen molar-refractivity contribution in [3.05, 3.63) is 78.1 Å². The van der Waals surface area contributed by atoms with Crippen LogP contribution in [0.1, 0.15) is 22.8 Å². The van der Waals surface area contributed by atoms with Gasteiger partial charge in [0.15, 0.2) is 0 Å². The molecular formula is C21H19NO4. The van der Waals surface area contributed by atoms with Crippen molar-refractivity contribution in [1.29, 1.82) is 0 Å². The Morgan fingerprint density at radius 2 is 1.85 bits per heavy atom. The van der Waals surface area contributed by atoms with E-state index in [4.69, 9.17) is 9.47 Å². The molecule has 5 nitrogen and oxygen atoms in total. The maximum atomic E-state index is 11.9. The zero-order valence-corrected chi connectivity index (χ0v) is 14.4. The van der Waals surface area contributed by atoms with Gasteiger partial charge in [0.25, 0.3) is 0 Å². The maximum absolute atomic E-state index is 11.9. The van der Waals surface area contributed by atoms with Gasteiger partial charge in [-0.15, -0.1) is 0 Å². The lowest BCUT2D eigenvalue weighted by atomic mass is 10.1. The van der Waals surface area contributed by atoms with E-state index in [1.54, 1.807) is 37.4 Å². The van der Waals surface area contributed by atoms with E-state index in [9.17, 15) is 9.90 Å². The van der Waals surface area contributed by atoms with E-state index in [1.807, 2.05) is 30.3 Å². The van der Waals surface area contributed by atoms with E-state index in [0.717, 1.165) is 5.56 Å². The molecule has 0 atom stereocenters. The largest absolute Gasteiger partial charge is 0.508 e. The van der Waals surface area contributed by atoms with Crippen LogP contribution >= 0.6 is 0 Å². The minimum Gasteiger partial charge on any atom is -0.508 e. The molecule has 1 heterocycles. The summed E-state index contributed by atoms with van der Waals surface area (Å²) in [4.78, 5) is 16.0. The number of carbonyl (C=O) groups excluding carboxylic acids is 1. The summed E-state index contributed by atoms with van der Waals surface area (Å²) in [6.07, 6.45) is 3.08. The second-order valence-electron chi connectivity index (χ2n) is 5.67. The van der Waals surface area contributed by atoms with E-state index in [1.165, 1.54) is 6.20 Å². The highest BCUT2D eigenvalue weighted by molar-refractivity contribution is 5.90. The maximum Gasteiger partial charge on any atom is 0.339 e. The Bertz CT molecular complexity index is 894. The first-order valence-electron chi connectivity index (χ1n) is 8.29. The zero-order valence-electron chi connectivity index (χ0n) is 14.4. The Morgan fingerprint density at radius 3 is 2.62 bits per heavy atom. The molecule has 0 fully saturated rings. The number of phenols is 1. The van der Waals surface area contributed by atoms with Gasteiger partial charge in [0, 0.05) is 24.0 Å². The molecule has 132 valence electrons. The van der Waals surface area contributed by atoms with Crippen molar-refractivity contribution < 1.29 is 19.4 Å². The topological polar surface area (TPSA) is 68.7 Å². The molecule has 3 aromatic rings. The number of hydrogen-bond donors (Lipinski definition) is 1. The van der Waals surface area contributed by atoms with Crippen molar-refractivity contribution in [2.45, 2.75) is 13.5 Å². The third-order valence-electron chi connectivity index (χ3n) is 3.72. The molecular weight excluding hydrogens is 330 g/mol. The van der Waals surface area contributed by atoms with Gasteiger partial charge in [-0.2, -0.15) is 0 Å². The quantitative estimate of drug-likeness (QED) is 0.675. The van der Waals surface area contributed by atoms with Crippen molar-refractivity contribution in [3.63, 3.8) is 0 Å². The molecule has 0 aliphatic carbocycles. The average molecular weight is 349 g/mol. The summed E-state index contributed by atoms with van der Waals surface area (Å²) in [7, 11) is 0. The third-order valence-corrected chi connectivity index (χ3v) is 3.72. The van der Waals surface area contributed by atoms with Gasteiger partial charge in [-0.05, 0) is 36.2 Å². The second kappa shape index (κ2) is 8.16. The predicted octanol–water partition coefficient (Wildman–Crippen LogP) is 4.21. The Kier molecular flexibility index (Phi) is 5.49. The first-order valence-corrected chi connectivity index (χ1v) is 8.29. The number of hydrogen-bond acceptors (Lipinski definition) is 5. The molecule has 1 aromatic heterocycles. The molecule has 0 spiro atoms. The Hall–Kier alpha value is -3.34. The van der Waals surface area contributed by atoms with Crippen LogP contribution in [0.15, 0.2) is 67.0 Å². The van der Waals surface area contributed by atoms with Gasteiger partial charge < -0.3 is 14.6 Å². The summed E-state index contributed by atoms with van der Waals surface area (Å²) in [6, 6.07) is 16.4. The Balaban J connectivity index is 1.83. The molecule has 0 radical (unpaired) electrons. The minimum absolute atomic E-state index is 0.0760. The number of phenolic OH excluding ortho intramolecular Hbond substituents is 1. The van der Waals surface area contributed by atoms with E-state index in [2.05, 4.69) is 4.98 Å². The van der Waals surface area contributed by atoms with Crippen LogP contribution in [0.25, 0.3) is 11.1 Å². The molecule has 2 aromatic carbocycles. The summed E-state index contributed by atoms with van der Waals surface area (Å²) in [5.74, 6) is 0.181. The number of carbonyl (C=O) groups is 1. The predicted molar refractivity (Wildman–Crippen MR) is 98.1 cm³/mol. The molecule has 0 amide bonds. The smallest absolute Gasteiger partial charge is 0.339 e. The molecule has 1 N–H and O–H groups in total. The highest BCUT2D eigenvalue weighted by atomic mass is 16.5. The standard InChI is InChI=1S/C21H19NO4/c1-2-25-21(24)18-8-17(12-22-13-18)16-9-19(23)11-20(10-16)26-14-15-6-4-3-5-7-15/h3-13,23H,2,14H2,1H3. The van der Waals surface area contributed by atoms with Crippen molar-refractivity contribution in [2.75, 3.05) is 6.61 Å². The van der Waals surface area contributed by atoms with Crippen molar-refractivity contribution in [3.8, 4) is 22.6 Å². The van der Waals surface area contributed by atoms with Gasteiger partial charge in [0.2, 0.25) is 0 Å². The highest BCUT2D eigenvalue weighted by Crippen LogP contribution is 2.30. The number of esters is 1. The first-order chi connectivity index (χ1) is 12.7. The van der Waals surface area contributed by atoms with E-state index in [0.29, 0.717) is 35.7 Å². The molecule has 3 rings (SSSR count). The highest BCUT2D eigenvalue weighted by Gasteiger charge is 2.10. The molecule has 0 unspecified atom stereocenters. The van der Waals surface area contributed by atoms with Crippen LogP contribution in [0.2, 0.25) is 0 Å². The fourth-order valence-corrected chi connectivity index (χ4v) is 2.50. The van der Waals surface area contributed by atoms with Crippen LogP contribution in [-0.2, 0) is 11.3 Å². The summed E-state index contributed by atoms with van der Waals surface area (Å²) >= 11 is 0. The number of benzene rings is 2. The normalized spacial score (nSPS) is 10.3. The summed E-state index contributed by atoms with van der Waals surface area (Å²) < 4.78 is 10.8. The fraction of sp³-hybridized carbons (Fsp3) is 0.143. The average Bonchev–Trinajstić information content (AvgIpc) is 2.67. The Morgan fingerprint density at radius 1 is 1.04 bits per heavy atom. The van der Waals surface area contributed by atoms with Crippen molar-refractivity contribution in [1.82, 2.24) is 4.98 Å². The van der Waals surface area contributed by atoms with E-state index >= 15 is 0 Å². The number of aromatic hydroxyl groups is 1. The van der Waals surface area contributed by atoms with Crippen LogP contribution in [-0.4, -0.2) is 22.7 Å². The first kappa shape index (κ1) is 17.5. The molecule has 0 saturated heterocycles. The van der Waals surface area contributed by atoms with Gasteiger partial charge in [-0.3, -0.25) is 4.98 Å². The van der Waals surface area contributed by atoms with Gasteiger partial charge in [0.05, 0.1) is 12.2 Å². The number of nitrogens with zero attached hydrogens (tertiary/aromatic N) is 1. The van der Waals surface area contributed by atoms with Crippen LogP contribution in [0.5, 0.6) is 11.5 Å². The summed E-state index contributed by atoms with van der Waals surface area (Å²) in [5, 5.41) is 10.0. The van der Waals surface area contributed by atoms with Crippen LogP contribution in [0, 0.1) is 0 Å². The second-order valence-corrected chi connectivity index (χ2v) is 5.67. The number of ether oxygens (including phenoxy) is 2. The monoisotopic (exact) mass is 349 g/mol. The van der Waals surface area contributed by atoms with E-state index < -0.39 is 5.97 Å². The van der Waals surface area contributed by atoms with Crippen LogP contribution in [0.3, 0.4) is 0 Å². The molecule has 26 heavy (non-hydrogen) atoms. The van der Waals surface area contributed by atoms with Crippen LogP contribution in [0.4, 0.5) is 0 Å². The van der Waals surface area contributed by atoms with Gasteiger partial charge in [-0.25, -0.2) is 4.79 Å². The van der Waals surface area contributed by atoms with E-state index in [-0.39, 0.29) is 5.75 Å². The molecule has 0 aliphatic heterocycles. The molecule has 0 aliphatic rings. The Labute approximate surface area is 151 Å². The lowest BCUT2D eigenvalue weighted by molar-refractivity contribution is 0.0526. The number of rotatable bonds is 6. The lowest BCUT2D eigenvalue weighted by Crippen LogP contribution is -2.05. The SMILES string of the molecule is CCOC(=O)c1cncc(-c2cc(O)cc(OCc3ccccc3)c2)c1. The summed E-state index contributed by atoms with van der Waals surface area (Å²) in [5.41, 5.74) is 2.78. The summed E-state index contributed by atoms with van der Waals surface area (Å²) in [6.45, 7) is 2.44. The van der Waals surface area contributed by atoms with Crippen molar-refractivity contribution >= 4 is 5.97 Å². The molecule has 0 bridgehead atoms. The molecule has 5 heteroatoms. The van der Waals surface area contributed by atoms with Crippen LogP contribution < -0.4 is 4.74 Å². The third kappa shape index (κ3) is 4.39. The number of pyridine rings is 1. The van der Waals surface area contributed by atoms with Gasteiger partial charge >= 0.3 is 5.97 Å². The fourth-order valence-electron chi connectivity index (χ4n) is 2.50. The number of aromatic nitrogens is 1. The molecule has 0 saturated carbocycles. The zero-order chi connectivity index (χ0) is 18.4. The van der Waals surface area contributed by atoms with Gasteiger partial charge in [-0.1, -0.05) is 30.3 Å². The van der Waals surface area contributed by atoms with Gasteiger partial charge in [0.1, 0.15) is 18.1 Å².